The third kappa shape index (κ3) is 3.64. The van der Waals surface area contributed by atoms with Gasteiger partial charge in [-0.2, -0.15) is 0 Å². The first-order chi connectivity index (χ1) is 13.8. The molecule has 4 rings (SSSR count). The number of carbonyl (C=O) groups is 2. The van der Waals surface area contributed by atoms with Crippen LogP contribution in [0.4, 0.5) is 10.5 Å². The zero-order valence-electron chi connectivity index (χ0n) is 16.5. The maximum Gasteiger partial charge on any atom is 0.410 e. The van der Waals surface area contributed by atoms with Gasteiger partial charge in [-0.05, 0) is 60.8 Å². The lowest BCUT2D eigenvalue weighted by atomic mass is 10.0. The van der Waals surface area contributed by atoms with E-state index in [1.807, 2.05) is 49.9 Å². The Kier molecular flexibility index (Phi) is 4.68. The van der Waals surface area contributed by atoms with Crippen LogP contribution in [0.1, 0.15) is 48.0 Å². The zero-order valence-corrected chi connectivity index (χ0v) is 17.4. The molecule has 0 atom stereocenters. The topological polar surface area (TPSA) is 77.7 Å². The third-order valence-electron chi connectivity index (χ3n) is 4.90. The molecular weight excluding hydrogens is 388 g/mol. The Hall–Kier alpha value is -3.09. The van der Waals surface area contributed by atoms with Gasteiger partial charge in [-0.1, -0.05) is 18.2 Å². The van der Waals surface area contributed by atoms with Gasteiger partial charge in [0.15, 0.2) is 5.82 Å². The molecule has 1 aromatic heterocycles. The first-order valence-corrected chi connectivity index (χ1v) is 9.76. The van der Waals surface area contributed by atoms with Crippen LogP contribution in [-0.4, -0.2) is 32.5 Å². The van der Waals surface area contributed by atoms with E-state index in [0.717, 1.165) is 22.4 Å². The second-order valence-corrected chi connectivity index (χ2v) is 8.32. The molecule has 0 radical (unpaired) electrons. The minimum Gasteiger partial charge on any atom is -0.444 e. The molecule has 0 fully saturated rings. The number of nitrogens with zero attached hydrogens (tertiary/aromatic N) is 2. The number of rotatable bonds is 2. The second-order valence-electron chi connectivity index (χ2n) is 8.12. The molecule has 2 aliphatic heterocycles. The lowest BCUT2D eigenvalue weighted by Gasteiger charge is -2.30. The second kappa shape index (κ2) is 7.06. The van der Waals surface area contributed by atoms with Gasteiger partial charge in [-0.15, -0.1) is 0 Å². The van der Waals surface area contributed by atoms with Crippen molar-refractivity contribution >= 4 is 34.9 Å². The lowest BCUT2D eigenvalue weighted by Crippen LogP contribution is -2.41. The molecule has 0 aliphatic carbocycles. The van der Waals surface area contributed by atoms with Crippen molar-refractivity contribution in [2.75, 3.05) is 4.90 Å². The summed E-state index contributed by atoms with van der Waals surface area (Å²) in [5.74, 6) is 0.208. The molecule has 150 valence electrons. The maximum atomic E-state index is 12.5. The summed E-state index contributed by atoms with van der Waals surface area (Å²) in [5.41, 5.74) is 3.94. The van der Waals surface area contributed by atoms with Gasteiger partial charge in [0.05, 0.1) is 18.8 Å². The molecule has 0 spiro atoms. The van der Waals surface area contributed by atoms with Crippen molar-refractivity contribution in [3.8, 4) is 0 Å². The number of aromatic nitrogens is 1. The maximum absolute atomic E-state index is 12.5. The van der Waals surface area contributed by atoms with Crippen LogP contribution in [0.25, 0.3) is 0 Å². The van der Waals surface area contributed by atoms with E-state index >= 15 is 0 Å². The SMILES string of the molecule is CC(C)(C)OC(=O)N1Cc2cccc(CN3C(=C=S)NC(=O)c4[nH]ccc43)c2C1. The smallest absolute Gasteiger partial charge is 0.410 e. The molecule has 29 heavy (non-hydrogen) atoms. The van der Waals surface area contributed by atoms with E-state index in [1.54, 1.807) is 11.1 Å². The van der Waals surface area contributed by atoms with Gasteiger partial charge in [0.25, 0.3) is 5.91 Å². The summed E-state index contributed by atoms with van der Waals surface area (Å²) in [6.45, 7) is 7.07. The van der Waals surface area contributed by atoms with Crippen molar-refractivity contribution < 1.29 is 14.3 Å². The molecule has 1 aromatic carbocycles. The van der Waals surface area contributed by atoms with Crippen LogP contribution in [0, 0.1) is 0 Å². The highest BCUT2D eigenvalue weighted by Gasteiger charge is 2.32. The fraction of sp³-hybridized carbons (Fsp3) is 0.333. The molecule has 7 nitrogen and oxygen atoms in total. The van der Waals surface area contributed by atoms with E-state index in [0.29, 0.717) is 31.1 Å². The average molecular weight is 410 g/mol. The van der Waals surface area contributed by atoms with Crippen LogP contribution in [0.3, 0.4) is 0 Å². The van der Waals surface area contributed by atoms with Crippen LogP contribution in [0.5, 0.6) is 0 Å². The summed E-state index contributed by atoms with van der Waals surface area (Å²) in [7, 11) is 0. The van der Waals surface area contributed by atoms with Gasteiger partial charge >= 0.3 is 6.09 Å². The number of anilines is 1. The van der Waals surface area contributed by atoms with Crippen LogP contribution in [0.15, 0.2) is 36.3 Å². The number of hydrogen-bond acceptors (Lipinski definition) is 5. The lowest BCUT2D eigenvalue weighted by molar-refractivity contribution is 0.0241. The highest BCUT2D eigenvalue weighted by Crippen LogP contribution is 2.32. The van der Waals surface area contributed by atoms with Crippen molar-refractivity contribution in [1.29, 1.82) is 0 Å². The number of ether oxygens (including phenoxy) is 1. The van der Waals surface area contributed by atoms with E-state index < -0.39 is 5.60 Å². The Morgan fingerprint density at radius 3 is 2.79 bits per heavy atom. The minimum atomic E-state index is -0.537. The van der Waals surface area contributed by atoms with Crippen molar-refractivity contribution in [1.82, 2.24) is 15.2 Å². The number of fused-ring (bicyclic) bond motifs is 2. The van der Waals surface area contributed by atoms with Gasteiger partial charge in [0.2, 0.25) is 0 Å². The number of amides is 2. The number of aromatic amines is 1. The van der Waals surface area contributed by atoms with Gasteiger partial charge in [0.1, 0.15) is 11.3 Å². The number of thiocarbonyl (C=S) groups is 1. The van der Waals surface area contributed by atoms with Gasteiger partial charge in [0, 0.05) is 12.7 Å². The largest absolute Gasteiger partial charge is 0.444 e. The van der Waals surface area contributed by atoms with Crippen LogP contribution in [0.2, 0.25) is 0 Å². The summed E-state index contributed by atoms with van der Waals surface area (Å²) in [5, 5.41) is 5.42. The summed E-state index contributed by atoms with van der Waals surface area (Å²) in [6, 6.07) is 7.88. The highest BCUT2D eigenvalue weighted by atomic mass is 32.1. The first kappa shape index (κ1) is 19.2. The number of nitrogens with one attached hydrogen (secondary N) is 2. The van der Waals surface area contributed by atoms with Gasteiger partial charge < -0.3 is 14.6 Å². The van der Waals surface area contributed by atoms with E-state index in [4.69, 9.17) is 17.0 Å². The molecule has 0 bridgehead atoms. The van der Waals surface area contributed by atoms with Crippen LogP contribution < -0.4 is 10.2 Å². The molecule has 2 aromatic rings. The standard InChI is InChI=1S/C21H22N4O3S/c1-21(2,3)28-20(27)24-9-13-5-4-6-14(15(13)11-24)10-25-16-7-8-22-18(16)19(26)23-17(25)12-29/h4-8,22H,9-11H2,1-3H3,(H,23,26). The molecule has 2 aliphatic rings. The quantitative estimate of drug-likeness (QED) is 0.742. The molecule has 3 heterocycles. The fourth-order valence-electron chi connectivity index (χ4n) is 3.64. The van der Waals surface area contributed by atoms with Gasteiger partial charge in [-0.25, -0.2) is 4.79 Å². The summed E-state index contributed by atoms with van der Waals surface area (Å²) < 4.78 is 5.52. The predicted molar refractivity (Wildman–Crippen MR) is 112 cm³/mol. The molecule has 0 unspecified atom stereocenters. The summed E-state index contributed by atoms with van der Waals surface area (Å²) in [4.78, 5) is 31.3. The molecule has 0 saturated heterocycles. The Bertz CT molecular complexity index is 1050. The van der Waals surface area contributed by atoms with Crippen molar-refractivity contribution in [2.24, 2.45) is 0 Å². The molecular formula is C21H22N4O3S. The van der Waals surface area contributed by atoms with E-state index in [9.17, 15) is 9.59 Å². The normalized spacial score (nSPS) is 15.6. The highest BCUT2D eigenvalue weighted by molar-refractivity contribution is 7.78. The van der Waals surface area contributed by atoms with Crippen LogP contribution in [-0.2, 0) is 24.4 Å². The monoisotopic (exact) mass is 410 g/mol. The predicted octanol–water partition coefficient (Wildman–Crippen LogP) is 3.46. The average Bonchev–Trinajstić information content (AvgIpc) is 3.30. The van der Waals surface area contributed by atoms with Crippen molar-refractivity contribution in [2.45, 2.75) is 46.0 Å². The summed E-state index contributed by atoms with van der Waals surface area (Å²) >= 11 is 5.00. The Morgan fingerprint density at radius 2 is 2.07 bits per heavy atom. The van der Waals surface area contributed by atoms with Crippen molar-refractivity contribution in [3.63, 3.8) is 0 Å². The molecule has 8 heteroatoms. The Balaban J connectivity index is 1.61. The van der Waals surface area contributed by atoms with E-state index in [-0.39, 0.29) is 12.0 Å². The fourth-order valence-corrected chi connectivity index (χ4v) is 3.80. The minimum absolute atomic E-state index is 0.233. The third-order valence-corrected chi connectivity index (χ3v) is 5.10. The number of carbonyl (C=O) groups excluding carboxylic acids is 2. The zero-order chi connectivity index (χ0) is 20.8. The Morgan fingerprint density at radius 1 is 1.28 bits per heavy atom. The van der Waals surface area contributed by atoms with E-state index in [1.165, 1.54) is 0 Å². The number of hydrogen-bond donors (Lipinski definition) is 2. The molecule has 2 N–H and O–H groups in total. The number of H-pyrrole nitrogens is 1. The number of benzene rings is 1. The van der Waals surface area contributed by atoms with E-state index in [2.05, 4.69) is 15.3 Å². The van der Waals surface area contributed by atoms with Crippen molar-refractivity contribution in [3.05, 3.63) is 58.7 Å². The summed E-state index contributed by atoms with van der Waals surface area (Å²) in [6.07, 6.45) is 1.40. The van der Waals surface area contributed by atoms with Crippen LogP contribution >= 0.6 is 12.2 Å². The Labute approximate surface area is 174 Å². The molecule has 2 amide bonds. The van der Waals surface area contributed by atoms with Gasteiger partial charge in [-0.3, -0.25) is 15.0 Å². The first-order valence-electron chi connectivity index (χ1n) is 9.36. The molecule has 0 saturated carbocycles.